The van der Waals surface area contributed by atoms with Crippen LogP contribution in [0.3, 0.4) is 0 Å². The summed E-state index contributed by atoms with van der Waals surface area (Å²) in [6.45, 7) is 8.53. The molecule has 0 N–H and O–H groups in total. The van der Waals surface area contributed by atoms with E-state index in [1.165, 1.54) is 16.8 Å². The Morgan fingerprint density at radius 3 is 2.74 bits per heavy atom. The molecule has 2 unspecified atom stereocenters. The van der Waals surface area contributed by atoms with Crippen molar-refractivity contribution in [3.8, 4) is 6.07 Å². The van der Waals surface area contributed by atoms with Crippen LogP contribution in [0.4, 0.5) is 5.69 Å². The van der Waals surface area contributed by atoms with Crippen molar-refractivity contribution in [1.29, 1.82) is 5.26 Å². The maximum atomic E-state index is 9.06. The summed E-state index contributed by atoms with van der Waals surface area (Å²) < 4.78 is 0. The van der Waals surface area contributed by atoms with Gasteiger partial charge in [-0.05, 0) is 45.0 Å². The van der Waals surface area contributed by atoms with Crippen LogP contribution < -0.4 is 4.90 Å². The predicted octanol–water partition coefficient (Wildman–Crippen LogP) is 2.73. The zero-order valence-electron chi connectivity index (χ0n) is 12.3. The summed E-state index contributed by atoms with van der Waals surface area (Å²) in [6.07, 6.45) is 0.588. The highest BCUT2D eigenvalue weighted by Gasteiger charge is 2.30. The third-order valence-corrected chi connectivity index (χ3v) is 4.37. The lowest BCUT2D eigenvalue weighted by atomic mass is 10.0. The molecule has 0 aromatic heterocycles. The molecule has 2 rings (SSSR count). The van der Waals surface area contributed by atoms with E-state index in [0.717, 1.165) is 13.1 Å². The average Bonchev–Trinajstić information content (AvgIpc) is 2.37. The van der Waals surface area contributed by atoms with Crippen LogP contribution in [0, 0.1) is 25.2 Å². The van der Waals surface area contributed by atoms with E-state index in [1.807, 2.05) is 0 Å². The van der Waals surface area contributed by atoms with E-state index in [9.17, 15) is 0 Å². The van der Waals surface area contributed by atoms with E-state index >= 15 is 0 Å². The van der Waals surface area contributed by atoms with Gasteiger partial charge >= 0.3 is 0 Å². The Balaban J connectivity index is 2.34. The van der Waals surface area contributed by atoms with Crippen LogP contribution in [0.5, 0.6) is 0 Å². The van der Waals surface area contributed by atoms with E-state index in [1.54, 1.807) is 0 Å². The molecule has 2 atom stereocenters. The minimum absolute atomic E-state index is 0.298. The Labute approximate surface area is 116 Å². The SMILES string of the molecule is Cc1cccc(N2CC(C)N(C)CC2CC#N)c1C. The first-order valence-electron chi connectivity index (χ1n) is 6.94. The van der Waals surface area contributed by atoms with Gasteiger partial charge in [-0.1, -0.05) is 12.1 Å². The highest BCUT2D eigenvalue weighted by Crippen LogP contribution is 2.28. The fourth-order valence-electron chi connectivity index (χ4n) is 2.81. The molecular weight excluding hydrogens is 234 g/mol. The molecule has 0 amide bonds. The molecule has 3 nitrogen and oxygen atoms in total. The Hall–Kier alpha value is -1.53. The lowest BCUT2D eigenvalue weighted by Crippen LogP contribution is -2.56. The summed E-state index contributed by atoms with van der Waals surface area (Å²) in [5.74, 6) is 0. The Bertz CT molecular complexity index is 489. The molecule has 1 fully saturated rings. The predicted molar refractivity (Wildman–Crippen MR) is 79.4 cm³/mol. The monoisotopic (exact) mass is 257 g/mol. The van der Waals surface area contributed by atoms with Gasteiger partial charge in [-0.25, -0.2) is 0 Å². The zero-order chi connectivity index (χ0) is 14.0. The van der Waals surface area contributed by atoms with Gasteiger partial charge in [0.25, 0.3) is 0 Å². The molecule has 0 saturated carbocycles. The van der Waals surface area contributed by atoms with Gasteiger partial charge in [-0.3, -0.25) is 4.90 Å². The Morgan fingerprint density at radius 2 is 2.05 bits per heavy atom. The summed E-state index contributed by atoms with van der Waals surface area (Å²) in [5.41, 5.74) is 3.95. The molecule has 1 heterocycles. The second kappa shape index (κ2) is 5.63. The van der Waals surface area contributed by atoms with Crippen molar-refractivity contribution < 1.29 is 0 Å². The standard InChI is InChI=1S/C16H23N3/c1-12-6-5-7-16(14(12)3)19-10-13(2)18(4)11-15(19)8-9-17/h5-7,13,15H,8,10-11H2,1-4H3. The van der Waals surface area contributed by atoms with Crippen LogP contribution in [-0.4, -0.2) is 37.1 Å². The molecule has 0 aliphatic carbocycles. The van der Waals surface area contributed by atoms with Crippen LogP contribution in [0.25, 0.3) is 0 Å². The highest BCUT2D eigenvalue weighted by molar-refractivity contribution is 5.57. The number of hydrogen-bond donors (Lipinski definition) is 0. The second-order valence-corrected chi connectivity index (χ2v) is 5.68. The van der Waals surface area contributed by atoms with Gasteiger partial charge in [0.2, 0.25) is 0 Å². The largest absolute Gasteiger partial charge is 0.364 e. The number of nitrogens with zero attached hydrogens (tertiary/aromatic N) is 3. The average molecular weight is 257 g/mol. The van der Waals surface area contributed by atoms with Gasteiger partial charge in [-0.15, -0.1) is 0 Å². The van der Waals surface area contributed by atoms with E-state index in [0.29, 0.717) is 18.5 Å². The summed E-state index contributed by atoms with van der Waals surface area (Å²) >= 11 is 0. The fraction of sp³-hybridized carbons (Fsp3) is 0.562. The first kappa shape index (κ1) is 13.9. The first-order chi connectivity index (χ1) is 9.04. The molecule has 1 aliphatic heterocycles. The van der Waals surface area contributed by atoms with Crippen LogP contribution >= 0.6 is 0 Å². The van der Waals surface area contributed by atoms with E-state index in [4.69, 9.17) is 5.26 Å². The molecule has 1 aliphatic rings. The maximum Gasteiger partial charge on any atom is 0.0643 e. The molecule has 0 bridgehead atoms. The second-order valence-electron chi connectivity index (χ2n) is 5.68. The van der Waals surface area contributed by atoms with Crippen molar-refractivity contribution in [1.82, 2.24) is 4.90 Å². The molecule has 0 radical (unpaired) electrons. The van der Waals surface area contributed by atoms with Gasteiger partial charge in [-0.2, -0.15) is 5.26 Å². The number of nitriles is 1. The van der Waals surface area contributed by atoms with Gasteiger partial charge < -0.3 is 4.90 Å². The van der Waals surface area contributed by atoms with Crippen LogP contribution in [0.15, 0.2) is 18.2 Å². The van der Waals surface area contributed by atoms with Gasteiger partial charge in [0, 0.05) is 24.8 Å². The van der Waals surface area contributed by atoms with Gasteiger partial charge in [0.05, 0.1) is 18.5 Å². The molecule has 1 aromatic carbocycles. The lowest BCUT2D eigenvalue weighted by Gasteiger charge is -2.45. The molecule has 19 heavy (non-hydrogen) atoms. The summed E-state index contributed by atoms with van der Waals surface area (Å²) in [5, 5.41) is 9.06. The van der Waals surface area contributed by atoms with Crippen molar-refractivity contribution >= 4 is 5.69 Å². The normalized spacial score (nSPS) is 24.3. The van der Waals surface area contributed by atoms with E-state index in [-0.39, 0.29) is 0 Å². The molecule has 0 spiro atoms. The molecular formula is C16H23N3. The molecule has 1 aromatic rings. The summed E-state index contributed by atoms with van der Waals surface area (Å²) in [7, 11) is 2.15. The Morgan fingerprint density at radius 1 is 1.32 bits per heavy atom. The third-order valence-electron chi connectivity index (χ3n) is 4.37. The maximum absolute atomic E-state index is 9.06. The number of piperazine rings is 1. The number of hydrogen-bond acceptors (Lipinski definition) is 3. The number of anilines is 1. The van der Waals surface area contributed by atoms with Crippen molar-refractivity contribution in [3.05, 3.63) is 29.3 Å². The molecule has 102 valence electrons. The third kappa shape index (κ3) is 2.74. The molecule has 1 saturated heterocycles. The fourth-order valence-corrected chi connectivity index (χ4v) is 2.81. The van der Waals surface area contributed by atoms with Crippen LogP contribution in [-0.2, 0) is 0 Å². The number of aryl methyl sites for hydroxylation is 1. The number of likely N-dealkylation sites (N-methyl/N-ethyl adjacent to an activating group) is 1. The van der Waals surface area contributed by atoms with Crippen molar-refractivity contribution in [3.63, 3.8) is 0 Å². The van der Waals surface area contributed by atoms with Crippen molar-refractivity contribution in [2.24, 2.45) is 0 Å². The minimum Gasteiger partial charge on any atom is -0.364 e. The van der Waals surface area contributed by atoms with Crippen molar-refractivity contribution in [2.45, 2.75) is 39.3 Å². The molecule has 3 heteroatoms. The van der Waals surface area contributed by atoms with E-state index < -0.39 is 0 Å². The first-order valence-corrected chi connectivity index (χ1v) is 6.94. The zero-order valence-corrected chi connectivity index (χ0v) is 12.3. The smallest absolute Gasteiger partial charge is 0.0643 e. The van der Waals surface area contributed by atoms with Gasteiger partial charge in [0.15, 0.2) is 0 Å². The highest BCUT2D eigenvalue weighted by atomic mass is 15.3. The van der Waals surface area contributed by atoms with Gasteiger partial charge in [0.1, 0.15) is 0 Å². The topological polar surface area (TPSA) is 30.3 Å². The summed E-state index contributed by atoms with van der Waals surface area (Å²) in [6, 6.07) is 9.61. The quantitative estimate of drug-likeness (QED) is 0.816. The lowest BCUT2D eigenvalue weighted by molar-refractivity contribution is 0.200. The van der Waals surface area contributed by atoms with Crippen LogP contribution in [0.2, 0.25) is 0 Å². The van der Waals surface area contributed by atoms with E-state index in [2.05, 4.69) is 61.9 Å². The van der Waals surface area contributed by atoms with Crippen LogP contribution in [0.1, 0.15) is 24.5 Å². The Kier molecular flexibility index (Phi) is 4.11. The number of rotatable bonds is 2. The van der Waals surface area contributed by atoms with Crippen molar-refractivity contribution in [2.75, 3.05) is 25.0 Å². The minimum atomic E-state index is 0.298. The summed E-state index contributed by atoms with van der Waals surface area (Å²) in [4.78, 5) is 4.78. The number of benzene rings is 1.